The molecule has 1 saturated heterocycles. The molecule has 1 amide bonds. The van der Waals surface area contributed by atoms with Crippen molar-refractivity contribution in [3.05, 3.63) is 83.8 Å². The lowest BCUT2D eigenvalue weighted by Gasteiger charge is -2.16. The molecule has 0 aliphatic carbocycles. The van der Waals surface area contributed by atoms with Crippen LogP contribution >= 0.6 is 0 Å². The molecule has 2 aromatic heterocycles. The molecule has 7 nitrogen and oxygen atoms in total. The van der Waals surface area contributed by atoms with E-state index in [1.54, 1.807) is 0 Å². The van der Waals surface area contributed by atoms with Gasteiger partial charge in [-0.3, -0.25) is 4.79 Å². The number of sulfone groups is 1. The van der Waals surface area contributed by atoms with E-state index < -0.39 is 9.84 Å². The molecule has 3 heterocycles. The Morgan fingerprint density at radius 3 is 2.38 bits per heavy atom. The van der Waals surface area contributed by atoms with Crippen LogP contribution in [0.2, 0.25) is 0 Å². The van der Waals surface area contributed by atoms with E-state index in [1.807, 2.05) is 85.1 Å². The number of hydrogen-bond acceptors (Lipinski definition) is 5. The van der Waals surface area contributed by atoms with Gasteiger partial charge >= 0.3 is 0 Å². The standard InChI is InChI=1S/C26H26N4O3S/c1-17(19-9-5-3-6-10-19)27-26(31)25-24-23(15-22(29-25)20-11-7-4-8-12-20)30(18(2)28-24)21-13-14-34(32,33)16-21/h3-12,15,17,21H,13-14,16H2,1-2H3,(H,27,31). The van der Waals surface area contributed by atoms with E-state index in [4.69, 9.17) is 4.98 Å². The minimum absolute atomic E-state index is 0.0782. The predicted octanol–water partition coefficient (Wildman–Crippen LogP) is 4.26. The van der Waals surface area contributed by atoms with Crippen molar-refractivity contribution in [3.63, 3.8) is 0 Å². The summed E-state index contributed by atoms with van der Waals surface area (Å²) in [5.74, 6) is 0.599. The lowest BCUT2D eigenvalue weighted by atomic mass is 10.1. The number of fused-ring (bicyclic) bond motifs is 1. The highest BCUT2D eigenvalue weighted by Gasteiger charge is 2.32. The van der Waals surface area contributed by atoms with E-state index in [9.17, 15) is 13.2 Å². The van der Waals surface area contributed by atoms with E-state index in [0.29, 0.717) is 23.5 Å². The van der Waals surface area contributed by atoms with Crippen LogP contribution in [0.3, 0.4) is 0 Å². The smallest absolute Gasteiger partial charge is 0.272 e. The Labute approximate surface area is 198 Å². The van der Waals surface area contributed by atoms with Crippen molar-refractivity contribution in [2.24, 2.45) is 0 Å². The predicted molar refractivity (Wildman–Crippen MR) is 132 cm³/mol. The number of carbonyl (C=O) groups is 1. The summed E-state index contributed by atoms with van der Waals surface area (Å²) >= 11 is 0. The number of aryl methyl sites for hydroxylation is 1. The molecular formula is C26H26N4O3S. The Hall–Kier alpha value is -3.52. The number of amides is 1. The molecule has 0 spiro atoms. The summed E-state index contributed by atoms with van der Waals surface area (Å²) in [5, 5.41) is 3.05. The van der Waals surface area contributed by atoms with Crippen LogP contribution in [0, 0.1) is 6.92 Å². The zero-order valence-corrected chi connectivity index (χ0v) is 19.9. The van der Waals surface area contributed by atoms with Gasteiger partial charge in [0, 0.05) is 5.56 Å². The van der Waals surface area contributed by atoms with E-state index in [1.165, 1.54) is 0 Å². The van der Waals surface area contributed by atoms with Gasteiger partial charge in [0.2, 0.25) is 0 Å². The summed E-state index contributed by atoms with van der Waals surface area (Å²) in [6, 6.07) is 20.9. The van der Waals surface area contributed by atoms with Crippen molar-refractivity contribution in [2.75, 3.05) is 11.5 Å². The van der Waals surface area contributed by atoms with Gasteiger partial charge in [0.05, 0.1) is 34.8 Å². The van der Waals surface area contributed by atoms with Crippen LogP contribution < -0.4 is 5.32 Å². The van der Waals surface area contributed by atoms with Gasteiger partial charge in [-0.25, -0.2) is 18.4 Å². The summed E-state index contributed by atoms with van der Waals surface area (Å²) in [6.45, 7) is 3.78. The average Bonchev–Trinajstić information content (AvgIpc) is 3.36. The van der Waals surface area contributed by atoms with Crippen LogP contribution in [-0.2, 0) is 9.84 Å². The summed E-state index contributed by atoms with van der Waals surface area (Å²) in [5.41, 5.74) is 3.96. The minimum atomic E-state index is -3.09. The third-order valence-corrected chi connectivity index (χ3v) is 8.11. The number of imidazole rings is 1. The second-order valence-corrected chi connectivity index (χ2v) is 11.0. The molecule has 1 N–H and O–H groups in total. The molecule has 1 aliphatic rings. The molecule has 0 radical (unpaired) electrons. The number of benzene rings is 2. The Morgan fingerprint density at radius 2 is 1.74 bits per heavy atom. The van der Waals surface area contributed by atoms with Crippen molar-refractivity contribution >= 4 is 26.8 Å². The number of nitrogens with zero attached hydrogens (tertiary/aromatic N) is 3. The van der Waals surface area contributed by atoms with Crippen LogP contribution in [0.1, 0.15) is 47.3 Å². The first kappa shape index (κ1) is 22.3. The third kappa shape index (κ3) is 4.21. The van der Waals surface area contributed by atoms with Crippen molar-refractivity contribution < 1.29 is 13.2 Å². The molecule has 5 rings (SSSR count). The second-order valence-electron chi connectivity index (χ2n) is 8.78. The zero-order valence-electron chi connectivity index (χ0n) is 19.1. The highest BCUT2D eigenvalue weighted by Crippen LogP contribution is 2.32. The molecule has 2 aromatic carbocycles. The number of carbonyl (C=O) groups excluding carboxylic acids is 1. The maximum absolute atomic E-state index is 13.5. The summed E-state index contributed by atoms with van der Waals surface area (Å²) in [7, 11) is -3.09. The van der Waals surface area contributed by atoms with Gasteiger partial charge in [0.1, 0.15) is 11.3 Å². The average molecular weight is 475 g/mol. The number of nitrogens with one attached hydrogen (secondary N) is 1. The Kier molecular flexibility index (Phi) is 5.69. The number of pyridine rings is 1. The van der Waals surface area contributed by atoms with Gasteiger partial charge in [-0.15, -0.1) is 0 Å². The summed E-state index contributed by atoms with van der Waals surface area (Å²) < 4.78 is 26.3. The quantitative estimate of drug-likeness (QED) is 0.467. The van der Waals surface area contributed by atoms with E-state index in [0.717, 1.165) is 16.6 Å². The van der Waals surface area contributed by atoms with Crippen LogP contribution in [0.4, 0.5) is 0 Å². The van der Waals surface area contributed by atoms with E-state index in [-0.39, 0.29) is 35.2 Å². The van der Waals surface area contributed by atoms with E-state index in [2.05, 4.69) is 10.3 Å². The second kappa shape index (κ2) is 8.68. The monoisotopic (exact) mass is 474 g/mol. The first-order chi connectivity index (χ1) is 16.3. The molecule has 2 unspecified atom stereocenters. The maximum atomic E-state index is 13.5. The highest BCUT2D eigenvalue weighted by molar-refractivity contribution is 7.91. The fourth-order valence-electron chi connectivity index (χ4n) is 4.65. The molecule has 0 bridgehead atoms. The lowest BCUT2D eigenvalue weighted by molar-refractivity contribution is 0.0936. The van der Waals surface area contributed by atoms with Crippen LogP contribution in [0.25, 0.3) is 22.3 Å². The Balaban J connectivity index is 1.63. The zero-order chi connectivity index (χ0) is 23.9. The van der Waals surface area contributed by atoms with Crippen LogP contribution in [0.15, 0.2) is 66.7 Å². The van der Waals surface area contributed by atoms with Gasteiger partial charge in [-0.05, 0) is 31.9 Å². The number of aromatic nitrogens is 3. The number of rotatable bonds is 5. The normalized spacial score (nSPS) is 18.1. The minimum Gasteiger partial charge on any atom is -0.344 e. The highest BCUT2D eigenvalue weighted by atomic mass is 32.2. The van der Waals surface area contributed by atoms with Crippen molar-refractivity contribution in [3.8, 4) is 11.3 Å². The Morgan fingerprint density at radius 1 is 1.06 bits per heavy atom. The lowest BCUT2D eigenvalue weighted by Crippen LogP contribution is -2.28. The van der Waals surface area contributed by atoms with Crippen molar-refractivity contribution in [2.45, 2.75) is 32.4 Å². The molecule has 4 aromatic rings. The molecular weight excluding hydrogens is 448 g/mol. The molecule has 2 atom stereocenters. The topological polar surface area (TPSA) is 93.9 Å². The first-order valence-electron chi connectivity index (χ1n) is 11.3. The largest absolute Gasteiger partial charge is 0.344 e. The van der Waals surface area contributed by atoms with Gasteiger partial charge in [0.25, 0.3) is 5.91 Å². The fraction of sp³-hybridized carbons (Fsp3) is 0.269. The fourth-order valence-corrected chi connectivity index (χ4v) is 6.35. The van der Waals surface area contributed by atoms with Gasteiger partial charge in [-0.1, -0.05) is 60.7 Å². The van der Waals surface area contributed by atoms with E-state index >= 15 is 0 Å². The van der Waals surface area contributed by atoms with Gasteiger partial charge in [-0.2, -0.15) is 0 Å². The van der Waals surface area contributed by atoms with Crippen LogP contribution in [0.5, 0.6) is 0 Å². The molecule has 174 valence electrons. The summed E-state index contributed by atoms with van der Waals surface area (Å²) in [6.07, 6.45) is 0.532. The molecule has 0 saturated carbocycles. The van der Waals surface area contributed by atoms with Crippen molar-refractivity contribution in [1.82, 2.24) is 19.9 Å². The molecule has 1 fully saturated rings. The maximum Gasteiger partial charge on any atom is 0.272 e. The first-order valence-corrected chi connectivity index (χ1v) is 13.2. The van der Waals surface area contributed by atoms with Gasteiger partial charge in [0.15, 0.2) is 15.5 Å². The van der Waals surface area contributed by atoms with Crippen LogP contribution in [-0.4, -0.2) is 40.4 Å². The molecule has 8 heteroatoms. The number of hydrogen-bond donors (Lipinski definition) is 1. The summed E-state index contributed by atoms with van der Waals surface area (Å²) in [4.78, 5) is 22.9. The molecule has 1 aliphatic heterocycles. The van der Waals surface area contributed by atoms with Crippen molar-refractivity contribution in [1.29, 1.82) is 0 Å². The van der Waals surface area contributed by atoms with Gasteiger partial charge < -0.3 is 9.88 Å². The Bertz CT molecular complexity index is 1460. The SMILES string of the molecule is Cc1nc2c(C(=O)NC(C)c3ccccc3)nc(-c3ccccc3)cc2n1C1CCS(=O)(=O)C1. The third-order valence-electron chi connectivity index (χ3n) is 6.36. The molecule has 34 heavy (non-hydrogen) atoms.